The summed E-state index contributed by atoms with van der Waals surface area (Å²) in [5, 5.41) is 0. The minimum Gasteiger partial charge on any atom is -0.101 e. The van der Waals surface area contributed by atoms with Crippen molar-refractivity contribution >= 4 is 0 Å². The van der Waals surface area contributed by atoms with Gasteiger partial charge in [0, 0.05) is 11.1 Å². The lowest BCUT2D eigenvalue weighted by molar-refractivity contribution is 1.60. The van der Waals surface area contributed by atoms with Crippen LogP contribution in [0.4, 0.5) is 0 Å². The zero-order valence-electron chi connectivity index (χ0n) is 12.0. The van der Waals surface area contributed by atoms with E-state index in [-0.39, 0.29) is 0 Å². The summed E-state index contributed by atoms with van der Waals surface area (Å²) < 4.78 is 0. The van der Waals surface area contributed by atoms with E-state index >= 15 is 0 Å². The van der Waals surface area contributed by atoms with E-state index in [4.69, 9.17) is 0 Å². The van der Waals surface area contributed by atoms with Gasteiger partial charge in [0.15, 0.2) is 0 Å². The lowest BCUT2D eigenvalue weighted by Gasteiger charge is -1.85. The summed E-state index contributed by atoms with van der Waals surface area (Å²) in [4.78, 5) is 0. The lowest BCUT2D eigenvalue weighted by atomic mass is 10.2. The van der Waals surface area contributed by atoms with Crippen molar-refractivity contribution < 1.29 is 0 Å². The third-order valence-corrected chi connectivity index (χ3v) is 2.24. The summed E-state index contributed by atoms with van der Waals surface area (Å²) in [5.41, 5.74) is 3.02. The first-order valence-electron chi connectivity index (χ1n) is 6.42. The predicted molar refractivity (Wildman–Crippen MR) is 87.1 cm³/mol. The van der Waals surface area contributed by atoms with Crippen LogP contribution in [0.15, 0.2) is 72.8 Å². The molecule has 0 aromatic heterocycles. The fraction of sp³-hybridized carbons (Fsp3) is 0.100. The molecule has 0 saturated carbocycles. The van der Waals surface area contributed by atoms with E-state index in [0.717, 1.165) is 16.7 Å². The Kier molecular flexibility index (Phi) is 7.11. The van der Waals surface area contributed by atoms with Gasteiger partial charge in [0.05, 0.1) is 0 Å². The monoisotopic (exact) mass is 258 g/mol. The van der Waals surface area contributed by atoms with Crippen LogP contribution in [0, 0.1) is 23.7 Å². The largest absolute Gasteiger partial charge is 0.101 e. The van der Waals surface area contributed by atoms with E-state index in [1.54, 1.807) is 0 Å². The van der Waals surface area contributed by atoms with Gasteiger partial charge in [-0.3, -0.25) is 0 Å². The van der Waals surface area contributed by atoms with Crippen LogP contribution in [0.5, 0.6) is 0 Å². The van der Waals surface area contributed by atoms with Crippen LogP contribution in [-0.2, 0) is 0 Å². The molecule has 0 heteroatoms. The Bertz CT molecular complexity index is 641. The maximum Gasteiger partial charge on any atom is 0.0248 e. The highest BCUT2D eigenvalue weighted by molar-refractivity contribution is 5.38. The molecule has 0 unspecified atom stereocenters. The van der Waals surface area contributed by atoms with Crippen LogP contribution in [-0.4, -0.2) is 0 Å². The zero-order chi connectivity index (χ0) is 14.6. The molecule has 20 heavy (non-hydrogen) atoms. The van der Waals surface area contributed by atoms with E-state index in [9.17, 15) is 0 Å². The quantitative estimate of drug-likeness (QED) is 0.602. The van der Waals surface area contributed by atoms with Gasteiger partial charge in [-0.15, -0.1) is 5.92 Å². The summed E-state index contributed by atoms with van der Waals surface area (Å²) in [7, 11) is 0. The first-order chi connectivity index (χ1) is 9.72. The average Bonchev–Trinajstić information content (AvgIpc) is 2.48. The Morgan fingerprint density at radius 3 is 1.65 bits per heavy atom. The molecule has 0 bridgehead atoms. The molecule has 0 spiro atoms. The maximum absolute atomic E-state index is 3.70. The second-order valence-electron chi connectivity index (χ2n) is 4.14. The third kappa shape index (κ3) is 6.90. The molecule has 0 nitrogen and oxygen atoms in total. The van der Waals surface area contributed by atoms with Crippen molar-refractivity contribution in [2.24, 2.45) is 0 Å². The SMILES string of the molecule is C=C(C)C#Cc1ccccc1.CC#Cc1ccccc1. The molecule has 0 heterocycles. The number of hydrogen-bond acceptors (Lipinski definition) is 0. The molecule has 0 aliphatic heterocycles. The Morgan fingerprint density at radius 1 is 0.800 bits per heavy atom. The summed E-state index contributed by atoms with van der Waals surface area (Å²) >= 11 is 0. The molecule has 0 aliphatic carbocycles. The summed E-state index contributed by atoms with van der Waals surface area (Å²) in [6.07, 6.45) is 0. The molecule has 2 rings (SSSR count). The minimum atomic E-state index is 0.897. The first-order valence-corrected chi connectivity index (χ1v) is 6.42. The summed E-state index contributed by atoms with van der Waals surface area (Å²) in [6.45, 7) is 7.44. The van der Waals surface area contributed by atoms with Crippen molar-refractivity contribution in [1.29, 1.82) is 0 Å². The zero-order valence-corrected chi connectivity index (χ0v) is 12.0. The Hall–Kier alpha value is -2.70. The minimum absolute atomic E-state index is 0.897. The maximum atomic E-state index is 3.70. The van der Waals surface area contributed by atoms with E-state index in [0.29, 0.717) is 0 Å². The second-order valence-corrected chi connectivity index (χ2v) is 4.14. The molecule has 0 radical (unpaired) electrons. The first kappa shape index (κ1) is 15.4. The molecule has 2 aromatic rings. The summed E-state index contributed by atoms with van der Waals surface area (Å²) in [6, 6.07) is 19.8. The molecule has 0 atom stereocenters. The van der Waals surface area contributed by atoms with Gasteiger partial charge >= 0.3 is 0 Å². The predicted octanol–water partition coefficient (Wildman–Crippen LogP) is 4.67. The second kappa shape index (κ2) is 9.26. The summed E-state index contributed by atoms with van der Waals surface area (Å²) in [5.74, 6) is 11.7. The van der Waals surface area contributed by atoms with Crippen LogP contribution in [0.1, 0.15) is 25.0 Å². The van der Waals surface area contributed by atoms with Gasteiger partial charge in [0.1, 0.15) is 0 Å². The number of hydrogen-bond donors (Lipinski definition) is 0. The number of benzene rings is 2. The fourth-order valence-electron chi connectivity index (χ4n) is 1.37. The standard InChI is InChI=1S/C11H10.C9H8/c1-10(2)8-9-11-6-4-3-5-7-11;1-2-6-9-7-4-3-5-8-9/h3-7H,1H2,2H3;3-5,7-8H,1H3. The molecule has 98 valence electrons. The van der Waals surface area contributed by atoms with Gasteiger partial charge in [0.2, 0.25) is 0 Å². The molecule has 0 saturated heterocycles. The highest BCUT2D eigenvalue weighted by Gasteiger charge is 1.80. The molecular formula is C20H18. The molecule has 0 fully saturated rings. The number of rotatable bonds is 0. The Morgan fingerprint density at radius 2 is 1.25 bits per heavy atom. The van der Waals surface area contributed by atoms with Gasteiger partial charge in [-0.1, -0.05) is 60.7 Å². The van der Waals surface area contributed by atoms with E-state index < -0.39 is 0 Å². The van der Waals surface area contributed by atoms with Crippen molar-refractivity contribution in [2.75, 3.05) is 0 Å². The van der Waals surface area contributed by atoms with Gasteiger partial charge in [0.25, 0.3) is 0 Å². The highest BCUT2D eigenvalue weighted by Crippen LogP contribution is 1.95. The van der Waals surface area contributed by atoms with E-state index in [1.165, 1.54) is 0 Å². The van der Waals surface area contributed by atoms with Crippen molar-refractivity contribution in [1.82, 2.24) is 0 Å². The van der Waals surface area contributed by atoms with Crippen molar-refractivity contribution in [3.05, 3.63) is 83.9 Å². The molecule has 0 aliphatic rings. The average molecular weight is 258 g/mol. The lowest BCUT2D eigenvalue weighted by Crippen LogP contribution is -1.70. The van der Waals surface area contributed by atoms with E-state index in [1.807, 2.05) is 74.5 Å². The van der Waals surface area contributed by atoms with Gasteiger partial charge in [-0.25, -0.2) is 0 Å². The smallest absolute Gasteiger partial charge is 0.0248 e. The van der Waals surface area contributed by atoms with Gasteiger partial charge in [-0.2, -0.15) is 0 Å². The van der Waals surface area contributed by atoms with Crippen LogP contribution in [0.25, 0.3) is 0 Å². The third-order valence-electron chi connectivity index (χ3n) is 2.24. The molecule has 0 amide bonds. The van der Waals surface area contributed by atoms with Crippen LogP contribution in [0.3, 0.4) is 0 Å². The van der Waals surface area contributed by atoms with Crippen LogP contribution < -0.4 is 0 Å². The Labute approximate surface area is 122 Å². The molecule has 2 aromatic carbocycles. The normalized spacial score (nSPS) is 7.90. The number of allylic oxidation sites excluding steroid dienone is 1. The molecule has 0 N–H and O–H groups in total. The van der Waals surface area contributed by atoms with Gasteiger partial charge in [-0.05, 0) is 43.7 Å². The topological polar surface area (TPSA) is 0 Å². The highest BCUT2D eigenvalue weighted by atomic mass is 13.8. The van der Waals surface area contributed by atoms with E-state index in [2.05, 4.69) is 30.3 Å². The van der Waals surface area contributed by atoms with Crippen molar-refractivity contribution in [3.8, 4) is 23.7 Å². The van der Waals surface area contributed by atoms with Crippen LogP contribution >= 0.6 is 0 Å². The van der Waals surface area contributed by atoms with Gasteiger partial charge < -0.3 is 0 Å². The van der Waals surface area contributed by atoms with Crippen molar-refractivity contribution in [3.63, 3.8) is 0 Å². The van der Waals surface area contributed by atoms with Crippen molar-refractivity contribution in [2.45, 2.75) is 13.8 Å². The Balaban J connectivity index is 0.000000204. The fourth-order valence-corrected chi connectivity index (χ4v) is 1.37. The van der Waals surface area contributed by atoms with Crippen LogP contribution in [0.2, 0.25) is 0 Å². The molecular weight excluding hydrogens is 240 g/mol.